The van der Waals surface area contributed by atoms with E-state index in [1.165, 1.54) is 16.9 Å². The monoisotopic (exact) mass is 237 g/mol. The zero-order valence-corrected chi connectivity index (χ0v) is 9.98. The number of alkyl halides is 1. The fourth-order valence-electron chi connectivity index (χ4n) is 1.55. The van der Waals surface area contributed by atoms with Crippen molar-refractivity contribution in [1.82, 2.24) is 0 Å². The molecule has 0 saturated heterocycles. The summed E-state index contributed by atoms with van der Waals surface area (Å²) in [7, 11) is 0. The zero-order chi connectivity index (χ0) is 10.8. The number of anilines is 1. The second kappa shape index (κ2) is 4.25. The number of halogens is 1. The summed E-state index contributed by atoms with van der Waals surface area (Å²) in [6.45, 7) is 2.07. The number of nitrogens with two attached hydrogens (primary N) is 1. The van der Waals surface area contributed by atoms with Crippen molar-refractivity contribution >= 4 is 27.9 Å². The first-order valence-electron chi connectivity index (χ1n) is 4.72. The van der Waals surface area contributed by atoms with Crippen molar-refractivity contribution in [2.45, 2.75) is 12.3 Å². The predicted octanol–water partition coefficient (Wildman–Crippen LogP) is 3.97. The quantitative estimate of drug-likeness (QED) is 0.786. The SMILES string of the molecule is Cc1ccccc1C(Cl)c1csc(N)c1. The summed E-state index contributed by atoms with van der Waals surface area (Å²) in [5.41, 5.74) is 9.13. The van der Waals surface area contributed by atoms with Crippen LogP contribution in [0, 0.1) is 6.92 Å². The van der Waals surface area contributed by atoms with Gasteiger partial charge in [-0.25, -0.2) is 0 Å². The van der Waals surface area contributed by atoms with Crippen LogP contribution < -0.4 is 5.73 Å². The highest BCUT2D eigenvalue weighted by molar-refractivity contribution is 7.14. The second-order valence-corrected chi connectivity index (χ2v) is 4.88. The zero-order valence-electron chi connectivity index (χ0n) is 8.41. The number of benzene rings is 1. The van der Waals surface area contributed by atoms with Gasteiger partial charge in [0.1, 0.15) is 0 Å². The molecule has 1 aromatic carbocycles. The van der Waals surface area contributed by atoms with E-state index < -0.39 is 0 Å². The van der Waals surface area contributed by atoms with E-state index in [4.69, 9.17) is 17.3 Å². The lowest BCUT2D eigenvalue weighted by Gasteiger charge is -2.10. The van der Waals surface area contributed by atoms with E-state index in [-0.39, 0.29) is 5.38 Å². The molecule has 1 atom stereocenters. The van der Waals surface area contributed by atoms with E-state index in [9.17, 15) is 0 Å². The summed E-state index contributed by atoms with van der Waals surface area (Å²) in [5.74, 6) is 0. The average molecular weight is 238 g/mol. The first kappa shape index (κ1) is 10.5. The molecule has 2 aromatic rings. The average Bonchev–Trinajstić information content (AvgIpc) is 2.65. The number of aryl methyl sites for hydroxylation is 1. The van der Waals surface area contributed by atoms with Crippen LogP contribution in [0.15, 0.2) is 35.7 Å². The summed E-state index contributed by atoms with van der Waals surface area (Å²) in [5, 5.41) is 2.73. The Balaban J connectivity index is 2.36. The topological polar surface area (TPSA) is 26.0 Å². The number of thiophene rings is 1. The second-order valence-electron chi connectivity index (χ2n) is 3.50. The van der Waals surface area contributed by atoms with E-state index >= 15 is 0 Å². The molecule has 15 heavy (non-hydrogen) atoms. The number of nitrogen functional groups attached to an aromatic ring is 1. The lowest BCUT2D eigenvalue weighted by molar-refractivity contribution is 1.12. The van der Waals surface area contributed by atoms with Gasteiger partial charge in [-0.3, -0.25) is 0 Å². The Bertz CT molecular complexity index is 464. The van der Waals surface area contributed by atoms with Crippen LogP contribution in [-0.2, 0) is 0 Å². The molecule has 1 heterocycles. The van der Waals surface area contributed by atoms with E-state index in [1.54, 1.807) is 0 Å². The molecule has 2 rings (SSSR count). The molecule has 0 aliphatic carbocycles. The van der Waals surface area contributed by atoms with Gasteiger partial charge < -0.3 is 5.73 Å². The van der Waals surface area contributed by atoms with Gasteiger partial charge in [0.2, 0.25) is 0 Å². The minimum atomic E-state index is -0.0975. The first-order valence-corrected chi connectivity index (χ1v) is 6.03. The Labute approximate surface area is 98.5 Å². The smallest absolute Gasteiger partial charge is 0.0859 e. The van der Waals surface area contributed by atoms with Crippen LogP contribution in [0.25, 0.3) is 0 Å². The van der Waals surface area contributed by atoms with Gasteiger partial charge in [0, 0.05) is 0 Å². The first-order chi connectivity index (χ1) is 7.18. The van der Waals surface area contributed by atoms with E-state index in [0.717, 1.165) is 16.1 Å². The molecular weight excluding hydrogens is 226 g/mol. The van der Waals surface area contributed by atoms with Crippen molar-refractivity contribution < 1.29 is 0 Å². The Kier molecular flexibility index (Phi) is 2.98. The Morgan fingerprint density at radius 3 is 2.67 bits per heavy atom. The number of hydrogen-bond acceptors (Lipinski definition) is 2. The Morgan fingerprint density at radius 2 is 2.07 bits per heavy atom. The van der Waals surface area contributed by atoms with Crippen molar-refractivity contribution in [3.8, 4) is 0 Å². The highest BCUT2D eigenvalue weighted by Crippen LogP contribution is 2.34. The van der Waals surface area contributed by atoms with Crippen LogP contribution in [0.1, 0.15) is 22.1 Å². The standard InChI is InChI=1S/C12H12ClNS/c1-8-4-2-3-5-10(8)12(13)9-6-11(14)15-7-9/h2-7,12H,14H2,1H3. The van der Waals surface area contributed by atoms with E-state index in [0.29, 0.717) is 0 Å². The third-order valence-corrected chi connectivity index (χ3v) is 3.66. The highest BCUT2D eigenvalue weighted by atomic mass is 35.5. The summed E-state index contributed by atoms with van der Waals surface area (Å²) in [6.07, 6.45) is 0. The molecular formula is C12H12ClNS. The van der Waals surface area contributed by atoms with Crippen molar-refractivity contribution in [1.29, 1.82) is 0 Å². The van der Waals surface area contributed by atoms with E-state index in [1.807, 2.05) is 23.6 Å². The van der Waals surface area contributed by atoms with Crippen LogP contribution in [0.3, 0.4) is 0 Å². The van der Waals surface area contributed by atoms with Gasteiger partial charge in [-0.2, -0.15) is 0 Å². The Morgan fingerprint density at radius 1 is 1.33 bits per heavy atom. The molecule has 78 valence electrons. The maximum atomic E-state index is 6.40. The minimum absolute atomic E-state index is 0.0975. The highest BCUT2D eigenvalue weighted by Gasteiger charge is 2.13. The fraction of sp³-hybridized carbons (Fsp3) is 0.167. The van der Waals surface area contributed by atoms with Crippen molar-refractivity contribution in [2.24, 2.45) is 0 Å². The van der Waals surface area contributed by atoms with Crippen molar-refractivity contribution in [3.05, 3.63) is 52.4 Å². The van der Waals surface area contributed by atoms with Gasteiger partial charge in [-0.15, -0.1) is 22.9 Å². The van der Waals surface area contributed by atoms with Gasteiger partial charge in [-0.1, -0.05) is 24.3 Å². The molecule has 2 N–H and O–H groups in total. The summed E-state index contributed by atoms with van der Waals surface area (Å²) in [6, 6.07) is 10.1. The predicted molar refractivity (Wildman–Crippen MR) is 67.6 cm³/mol. The molecule has 1 aromatic heterocycles. The molecule has 0 radical (unpaired) electrons. The molecule has 0 bridgehead atoms. The lowest BCUT2D eigenvalue weighted by Crippen LogP contribution is -1.94. The van der Waals surface area contributed by atoms with E-state index in [2.05, 4.69) is 19.1 Å². The molecule has 0 amide bonds. The maximum absolute atomic E-state index is 6.40. The molecule has 0 saturated carbocycles. The van der Waals surface area contributed by atoms with Crippen molar-refractivity contribution in [2.75, 3.05) is 5.73 Å². The third-order valence-electron chi connectivity index (χ3n) is 2.39. The van der Waals surface area contributed by atoms with Gasteiger partial charge in [0.15, 0.2) is 0 Å². The molecule has 0 spiro atoms. The van der Waals surface area contributed by atoms with Gasteiger partial charge >= 0.3 is 0 Å². The van der Waals surface area contributed by atoms with Crippen LogP contribution in [-0.4, -0.2) is 0 Å². The molecule has 3 heteroatoms. The van der Waals surface area contributed by atoms with Crippen LogP contribution in [0.2, 0.25) is 0 Å². The van der Waals surface area contributed by atoms with Crippen LogP contribution in [0.4, 0.5) is 5.00 Å². The van der Waals surface area contributed by atoms with Gasteiger partial charge in [0.05, 0.1) is 10.4 Å². The fourth-order valence-corrected chi connectivity index (χ4v) is 2.68. The maximum Gasteiger partial charge on any atom is 0.0859 e. The van der Waals surface area contributed by atoms with Crippen molar-refractivity contribution in [3.63, 3.8) is 0 Å². The van der Waals surface area contributed by atoms with Gasteiger partial charge in [0.25, 0.3) is 0 Å². The van der Waals surface area contributed by atoms with Crippen LogP contribution in [0.5, 0.6) is 0 Å². The van der Waals surface area contributed by atoms with Crippen LogP contribution >= 0.6 is 22.9 Å². The summed E-state index contributed by atoms with van der Waals surface area (Å²) < 4.78 is 0. The molecule has 1 nitrogen and oxygen atoms in total. The largest absolute Gasteiger partial charge is 0.391 e. The third kappa shape index (κ3) is 2.16. The van der Waals surface area contributed by atoms with Gasteiger partial charge in [-0.05, 0) is 35.1 Å². The summed E-state index contributed by atoms with van der Waals surface area (Å²) in [4.78, 5) is 0. The Hall–Kier alpha value is -0.990. The normalized spacial score (nSPS) is 12.7. The minimum Gasteiger partial charge on any atom is -0.391 e. The molecule has 0 aliphatic heterocycles. The number of hydrogen-bond donors (Lipinski definition) is 1. The molecule has 0 aliphatic rings. The molecule has 0 fully saturated rings. The molecule has 1 unspecified atom stereocenters. The lowest BCUT2D eigenvalue weighted by atomic mass is 10.0. The number of rotatable bonds is 2. The summed E-state index contributed by atoms with van der Waals surface area (Å²) >= 11 is 7.93.